The summed E-state index contributed by atoms with van der Waals surface area (Å²) < 4.78 is 43.1. The quantitative estimate of drug-likeness (QED) is 0.622. The summed E-state index contributed by atoms with van der Waals surface area (Å²) >= 11 is 0. The first-order valence-electron chi connectivity index (χ1n) is 7.98. The minimum atomic E-state index is -4.39. The van der Waals surface area contributed by atoms with Gasteiger partial charge in [-0.1, -0.05) is 18.2 Å². The number of hydrogen-bond donors (Lipinski definition) is 0. The fraction of sp³-hybridized carbons (Fsp3) is 0.333. The van der Waals surface area contributed by atoms with Gasteiger partial charge in [0.15, 0.2) is 0 Å². The molecular formula is C18H17F3N2O2. The van der Waals surface area contributed by atoms with Gasteiger partial charge in [0.05, 0.1) is 11.5 Å². The van der Waals surface area contributed by atoms with Gasteiger partial charge in [0.25, 0.3) is 0 Å². The Balaban J connectivity index is 1.55. The maximum atomic E-state index is 12.6. The van der Waals surface area contributed by atoms with Gasteiger partial charge in [0, 0.05) is 19.3 Å². The van der Waals surface area contributed by atoms with Crippen molar-refractivity contribution in [3.63, 3.8) is 0 Å². The minimum absolute atomic E-state index is 0.217. The van der Waals surface area contributed by atoms with Crippen LogP contribution in [-0.2, 0) is 11.0 Å². The SMILES string of the molecule is O=C(Oc1ccccc1)C1CCN(c2ccc(C(F)(F)F)cn2)CC1. The van der Waals surface area contributed by atoms with Crippen molar-refractivity contribution in [2.24, 2.45) is 5.92 Å². The lowest BCUT2D eigenvalue weighted by atomic mass is 9.97. The molecule has 25 heavy (non-hydrogen) atoms. The van der Waals surface area contributed by atoms with E-state index in [2.05, 4.69) is 4.98 Å². The van der Waals surface area contributed by atoms with Crippen LogP contribution in [0.1, 0.15) is 18.4 Å². The Bertz CT molecular complexity index is 709. The Morgan fingerprint density at radius 2 is 1.76 bits per heavy atom. The summed E-state index contributed by atoms with van der Waals surface area (Å²) in [6.07, 6.45) is -2.40. The van der Waals surface area contributed by atoms with Gasteiger partial charge in [-0.3, -0.25) is 4.79 Å². The standard InChI is InChI=1S/C18H17F3N2O2/c19-18(20,21)14-6-7-16(22-12-14)23-10-8-13(9-11-23)17(24)25-15-4-2-1-3-5-15/h1-7,12-13H,8-11H2. The molecule has 2 heterocycles. The number of nitrogens with zero attached hydrogens (tertiary/aromatic N) is 2. The number of hydrogen-bond acceptors (Lipinski definition) is 4. The average Bonchev–Trinajstić information content (AvgIpc) is 2.62. The molecule has 7 heteroatoms. The van der Waals surface area contributed by atoms with E-state index in [1.54, 1.807) is 24.3 Å². The molecule has 1 saturated heterocycles. The minimum Gasteiger partial charge on any atom is -0.426 e. The molecule has 0 unspecified atom stereocenters. The molecule has 0 spiro atoms. The molecule has 0 N–H and O–H groups in total. The molecule has 1 aromatic carbocycles. The van der Waals surface area contributed by atoms with E-state index in [4.69, 9.17) is 4.74 Å². The third-order valence-corrected chi connectivity index (χ3v) is 4.19. The van der Waals surface area contributed by atoms with Gasteiger partial charge < -0.3 is 9.64 Å². The molecular weight excluding hydrogens is 333 g/mol. The van der Waals surface area contributed by atoms with E-state index < -0.39 is 11.7 Å². The number of anilines is 1. The maximum Gasteiger partial charge on any atom is 0.417 e. The van der Waals surface area contributed by atoms with Crippen LogP contribution in [0.15, 0.2) is 48.7 Å². The van der Waals surface area contributed by atoms with Crippen LogP contribution in [0.5, 0.6) is 5.75 Å². The van der Waals surface area contributed by atoms with E-state index >= 15 is 0 Å². The van der Waals surface area contributed by atoms with Crippen molar-refractivity contribution in [1.82, 2.24) is 4.98 Å². The first-order valence-corrected chi connectivity index (χ1v) is 7.98. The molecule has 3 rings (SSSR count). The molecule has 1 fully saturated rings. The summed E-state index contributed by atoms with van der Waals surface area (Å²) in [5.74, 6) is 0.513. The van der Waals surface area contributed by atoms with Crippen LogP contribution in [0.4, 0.5) is 19.0 Å². The number of alkyl halides is 3. The monoisotopic (exact) mass is 350 g/mol. The Hall–Kier alpha value is -2.57. The van der Waals surface area contributed by atoms with Crippen LogP contribution < -0.4 is 9.64 Å². The predicted octanol–water partition coefficient (Wildman–Crippen LogP) is 3.92. The molecule has 0 atom stereocenters. The molecule has 0 saturated carbocycles. The number of piperidine rings is 1. The van der Waals surface area contributed by atoms with E-state index in [1.807, 2.05) is 11.0 Å². The summed E-state index contributed by atoms with van der Waals surface area (Å²) in [7, 11) is 0. The van der Waals surface area contributed by atoms with Gasteiger partial charge in [0.1, 0.15) is 11.6 Å². The molecule has 1 aromatic heterocycles. The number of carbonyl (C=O) groups is 1. The highest BCUT2D eigenvalue weighted by Crippen LogP contribution is 2.30. The van der Waals surface area contributed by atoms with Gasteiger partial charge in [-0.15, -0.1) is 0 Å². The van der Waals surface area contributed by atoms with Crippen LogP contribution in [0, 0.1) is 5.92 Å². The molecule has 0 amide bonds. The highest BCUT2D eigenvalue weighted by molar-refractivity contribution is 5.75. The van der Waals surface area contributed by atoms with E-state index in [9.17, 15) is 18.0 Å². The number of halogens is 3. The zero-order chi connectivity index (χ0) is 17.9. The Morgan fingerprint density at radius 1 is 1.08 bits per heavy atom. The van der Waals surface area contributed by atoms with Crippen LogP contribution in [-0.4, -0.2) is 24.0 Å². The van der Waals surface area contributed by atoms with Crippen LogP contribution in [0.3, 0.4) is 0 Å². The molecule has 0 bridgehead atoms. The number of aromatic nitrogens is 1. The molecule has 1 aliphatic rings. The molecule has 4 nitrogen and oxygen atoms in total. The molecule has 132 valence electrons. The topological polar surface area (TPSA) is 42.4 Å². The Morgan fingerprint density at radius 3 is 2.32 bits per heavy atom. The van der Waals surface area contributed by atoms with Crippen LogP contribution >= 0.6 is 0 Å². The first-order chi connectivity index (χ1) is 11.9. The van der Waals surface area contributed by atoms with Crippen molar-refractivity contribution in [2.45, 2.75) is 19.0 Å². The summed E-state index contributed by atoms with van der Waals surface area (Å²) in [5.41, 5.74) is -0.766. The van der Waals surface area contributed by atoms with E-state index in [-0.39, 0.29) is 11.9 Å². The van der Waals surface area contributed by atoms with Crippen LogP contribution in [0.25, 0.3) is 0 Å². The highest BCUT2D eigenvalue weighted by Gasteiger charge is 2.31. The van der Waals surface area contributed by atoms with Gasteiger partial charge >= 0.3 is 12.1 Å². The number of esters is 1. The summed E-state index contributed by atoms with van der Waals surface area (Å²) in [4.78, 5) is 18.0. The van der Waals surface area contributed by atoms with Crippen molar-refractivity contribution in [3.8, 4) is 5.75 Å². The largest absolute Gasteiger partial charge is 0.426 e. The van der Waals surface area contributed by atoms with Gasteiger partial charge in [-0.25, -0.2) is 4.98 Å². The number of carbonyl (C=O) groups excluding carboxylic acids is 1. The first kappa shape index (κ1) is 17.3. The molecule has 0 radical (unpaired) electrons. The van der Waals surface area contributed by atoms with Crippen molar-refractivity contribution in [1.29, 1.82) is 0 Å². The number of ether oxygens (including phenoxy) is 1. The third-order valence-electron chi connectivity index (χ3n) is 4.19. The lowest BCUT2D eigenvalue weighted by molar-refractivity contribution is -0.140. The second kappa shape index (κ2) is 7.13. The van der Waals surface area contributed by atoms with Crippen molar-refractivity contribution in [2.75, 3.05) is 18.0 Å². The smallest absolute Gasteiger partial charge is 0.417 e. The molecule has 0 aliphatic carbocycles. The predicted molar refractivity (Wildman–Crippen MR) is 86.3 cm³/mol. The third kappa shape index (κ3) is 4.29. The number of rotatable bonds is 3. The number of benzene rings is 1. The number of pyridine rings is 1. The highest BCUT2D eigenvalue weighted by atomic mass is 19.4. The summed E-state index contributed by atoms with van der Waals surface area (Å²) in [6.45, 7) is 1.10. The van der Waals surface area contributed by atoms with E-state index in [1.165, 1.54) is 6.07 Å². The second-order valence-corrected chi connectivity index (χ2v) is 5.90. The molecule has 2 aromatic rings. The zero-order valence-electron chi connectivity index (χ0n) is 13.4. The fourth-order valence-corrected chi connectivity index (χ4v) is 2.77. The van der Waals surface area contributed by atoms with Gasteiger partial charge in [0.2, 0.25) is 0 Å². The fourth-order valence-electron chi connectivity index (χ4n) is 2.77. The lowest BCUT2D eigenvalue weighted by Gasteiger charge is -2.31. The van der Waals surface area contributed by atoms with Gasteiger partial charge in [-0.05, 0) is 37.1 Å². The Labute approximate surface area is 143 Å². The van der Waals surface area contributed by atoms with E-state index in [0.29, 0.717) is 37.5 Å². The summed E-state index contributed by atoms with van der Waals surface area (Å²) in [6, 6.07) is 11.3. The zero-order valence-corrected chi connectivity index (χ0v) is 13.4. The normalized spacial score (nSPS) is 15.9. The second-order valence-electron chi connectivity index (χ2n) is 5.90. The molecule has 1 aliphatic heterocycles. The maximum absolute atomic E-state index is 12.6. The average molecular weight is 350 g/mol. The summed E-state index contributed by atoms with van der Waals surface area (Å²) in [5, 5.41) is 0. The van der Waals surface area contributed by atoms with Crippen molar-refractivity contribution < 1.29 is 22.7 Å². The van der Waals surface area contributed by atoms with Crippen LogP contribution in [0.2, 0.25) is 0 Å². The lowest BCUT2D eigenvalue weighted by Crippen LogP contribution is -2.38. The van der Waals surface area contributed by atoms with Crippen molar-refractivity contribution >= 4 is 11.8 Å². The van der Waals surface area contributed by atoms with Crippen molar-refractivity contribution in [3.05, 3.63) is 54.2 Å². The van der Waals surface area contributed by atoms with E-state index in [0.717, 1.165) is 12.3 Å². The van der Waals surface area contributed by atoms with Gasteiger partial charge in [-0.2, -0.15) is 13.2 Å². The number of para-hydroxylation sites is 1. The Kier molecular flexibility index (Phi) is 4.92.